The number of halogens is 1. The minimum atomic E-state index is -0.333. The van der Waals surface area contributed by atoms with Crippen molar-refractivity contribution in [3.63, 3.8) is 0 Å². The van der Waals surface area contributed by atoms with Crippen molar-refractivity contribution >= 4 is 11.4 Å². The van der Waals surface area contributed by atoms with E-state index in [-0.39, 0.29) is 11.5 Å². The van der Waals surface area contributed by atoms with Crippen LogP contribution in [0, 0.1) is 11.7 Å². The monoisotopic (exact) mass is 270 g/mol. The molecule has 1 aliphatic rings. The molecule has 0 fully saturated rings. The molecule has 2 N–H and O–H groups in total. The summed E-state index contributed by atoms with van der Waals surface area (Å²) in [6.07, 6.45) is 1.10. The third-order valence-electron chi connectivity index (χ3n) is 3.94. The number of rotatable bonds is 2. The van der Waals surface area contributed by atoms with Gasteiger partial charge >= 0.3 is 0 Å². The second-order valence-electron chi connectivity index (χ2n) is 5.63. The molecule has 2 nitrogen and oxygen atoms in total. The molecule has 2 aromatic carbocycles. The van der Waals surface area contributed by atoms with Crippen LogP contribution in [0.25, 0.3) is 0 Å². The molecule has 3 rings (SSSR count). The summed E-state index contributed by atoms with van der Waals surface area (Å²) in [6, 6.07) is 13.5. The molecule has 1 unspecified atom stereocenters. The first-order valence-electron chi connectivity index (χ1n) is 7.01. The number of fused-ring (bicyclic) bond motifs is 1. The van der Waals surface area contributed by atoms with Crippen LogP contribution in [0.3, 0.4) is 0 Å². The number of benzene rings is 2. The maximum absolute atomic E-state index is 13.6. The van der Waals surface area contributed by atoms with E-state index < -0.39 is 0 Å². The lowest BCUT2D eigenvalue weighted by Gasteiger charge is -2.35. The molecule has 0 saturated heterocycles. The van der Waals surface area contributed by atoms with Crippen molar-refractivity contribution in [3.8, 4) is 0 Å². The Morgan fingerprint density at radius 2 is 2.00 bits per heavy atom. The zero-order chi connectivity index (χ0) is 14.1. The molecular formula is C17H19FN2. The third kappa shape index (κ3) is 2.36. The van der Waals surface area contributed by atoms with E-state index in [1.807, 2.05) is 6.07 Å². The Morgan fingerprint density at radius 1 is 1.20 bits per heavy atom. The highest BCUT2D eigenvalue weighted by Crippen LogP contribution is 2.31. The quantitative estimate of drug-likeness (QED) is 0.845. The van der Waals surface area contributed by atoms with Crippen LogP contribution in [0.5, 0.6) is 0 Å². The molecule has 2 aromatic rings. The second kappa shape index (κ2) is 5.16. The van der Waals surface area contributed by atoms with E-state index in [4.69, 9.17) is 5.73 Å². The zero-order valence-electron chi connectivity index (χ0n) is 11.6. The smallest absolute Gasteiger partial charge is 0.146 e. The molecule has 0 aromatic heterocycles. The molecule has 0 aliphatic carbocycles. The fourth-order valence-corrected chi connectivity index (χ4v) is 2.98. The van der Waals surface area contributed by atoms with Gasteiger partial charge in [-0.3, -0.25) is 0 Å². The van der Waals surface area contributed by atoms with Gasteiger partial charge in [-0.25, -0.2) is 4.39 Å². The van der Waals surface area contributed by atoms with Gasteiger partial charge in [0.1, 0.15) is 5.82 Å². The minimum Gasteiger partial charge on any atom is -0.396 e. The lowest BCUT2D eigenvalue weighted by molar-refractivity contribution is 0.530. The van der Waals surface area contributed by atoms with E-state index in [0.29, 0.717) is 12.5 Å². The molecule has 1 atom stereocenters. The van der Waals surface area contributed by atoms with E-state index in [2.05, 4.69) is 36.1 Å². The van der Waals surface area contributed by atoms with E-state index >= 15 is 0 Å². The van der Waals surface area contributed by atoms with Gasteiger partial charge in [-0.05, 0) is 35.6 Å². The number of hydrogen-bond acceptors (Lipinski definition) is 2. The Hall–Kier alpha value is -2.03. The van der Waals surface area contributed by atoms with Crippen LogP contribution in [0.4, 0.5) is 15.8 Å². The first-order valence-corrected chi connectivity index (χ1v) is 7.01. The highest BCUT2D eigenvalue weighted by molar-refractivity contribution is 5.58. The normalized spacial score (nSPS) is 17.9. The summed E-state index contributed by atoms with van der Waals surface area (Å²) in [4.78, 5) is 2.30. The van der Waals surface area contributed by atoms with Gasteiger partial charge < -0.3 is 10.6 Å². The van der Waals surface area contributed by atoms with E-state index in [0.717, 1.165) is 18.5 Å². The average Bonchev–Trinajstić information content (AvgIpc) is 2.43. The largest absolute Gasteiger partial charge is 0.396 e. The summed E-state index contributed by atoms with van der Waals surface area (Å²) in [5.74, 6) is 0.264. The Balaban J connectivity index is 1.93. The SMILES string of the molecule is CC1Cc2ccccc2N(Cc2cccc(F)c2N)C1. The van der Waals surface area contributed by atoms with Gasteiger partial charge in [-0.1, -0.05) is 37.3 Å². The molecule has 0 amide bonds. The fraction of sp³-hybridized carbons (Fsp3) is 0.294. The van der Waals surface area contributed by atoms with Crippen LogP contribution in [0.1, 0.15) is 18.1 Å². The van der Waals surface area contributed by atoms with Crippen molar-refractivity contribution < 1.29 is 4.39 Å². The summed E-state index contributed by atoms with van der Waals surface area (Å²) in [6.45, 7) is 3.88. The molecular weight excluding hydrogens is 251 g/mol. The fourth-order valence-electron chi connectivity index (χ4n) is 2.98. The van der Waals surface area contributed by atoms with Gasteiger partial charge in [0.05, 0.1) is 5.69 Å². The molecule has 0 spiro atoms. The van der Waals surface area contributed by atoms with Crippen LogP contribution < -0.4 is 10.6 Å². The summed E-state index contributed by atoms with van der Waals surface area (Å²) in [7, 11) is 0. The topological polar surface area (TPSA) is 29.3 Å². The summed E-state index contributed by atoms with van der Waals surface area (Å²) in [5, 5.41) is 0. The van der Waals surface area contributed by atoms with Crippen LogP contribution in [0.15, 0.2) is 42.5 Å². The number of para-hydroxylation sites is 2. The molecule has 1 aliphatic heterocycles. The van der Waals surface area contributed by atoms with Gasteiger partial charge in [0.15, 0.2) is 0 Å². The van der Waals surface area contributed by atoms with Crippen LogP contribution in [-0.4, -0.2) is 6.54 Å². The van der Waals surface area contributed by atoms with Crippen LogP contribution in [-0.2, 0) is 13.0 Å². The van der Waals surface area contributed by atoms with Gasteiger partial charge in [-0.15, -0.1) is 0 Å². The lowest BCUT2D eigenvalue weighted by atomic mass is 9.93. The molecule has 20 heavy (non-hydrogen) atoms. The molecule has 104 valence electrons. The Bertz CT molecular complexity index is 624. The first-order chi connectivity index (χ1) is 9.65. The van der Waals surface area contributed by atoms with Gasteiger partial charge in [-0.2, -0.15) is 0 Å². The number of nitrogen functional groups attached to an aromatic ring is 1. The predicted octanol–water partition coefficient (Wildman–Crippen LogP) is 3.61. The third-order valence-corrected chi connectivity index (χ3v) is 3.94. The maximum Gasteiger partial charge on any atom is 0.146 e. The average molecular weight is 270 g/mol. The van der Waals surface area contributed by atoms with E-state index in [1.54, 1.807) is 6.07 Å². The van der Waals surface area contributed by atoms with Crippen molar-refractivity contribution in [2.75, 3.05) is 17.2 Å². The molecule has 0 saturated carbocycles. The molecule has 3 heteroatoms. The standard InChI is InChI=1S/C17H19FN2/c1-12-9-13-5-2-3-8-16(13)20(10-12)11-14-6-4-7-15(18)17(14)19/h2-8,12H,9-11,19H2,1H3. The first kappa shape index (κ1) is 13.0. The highest BCUT2D eigenvalue weighted by Gasteiger charge is 2.22. The number of hydrogen-bond donors (Lipinski definition) is 1. The van der Waals surface area contributed by atoms with Crippen molar-refractivity contribution in [2.45, 2.75) is 19.9 Å². The minimum absolute atomic E-state index is 0.267. The summed E-state index contributed by atoms with van der Waals surface area (Å²) in [5.41, 5.74) is 9.58. The summed E-state index contributed by atoms with van der Waals surface area (Å²) >= 11 is 0. The van der Waals surface area contributed by atoms with Crippen LogP contribution >= 0.6 is 0 Å². The Labute approximate surface area is 119 Å². The van der Waals surface area contributed by atoms with Gasteiger partial charge in [0.2, 0.25) is 0 Å². The zero-order valence-corrected chi connectivity index (χ0v) is 11.6. The van der Waals surface area contributed by atoms with Gasteiger partial charge in [0, 0.05) is 18.8 Å². The van der Waals surface area contributed by atoms with Crippen molar-refractivity contribution in [1.82, 2.24) is 0 Å². The summed E-state index contributed by atoms with van der Waals surface area (Å²) < 4.78 is 13.6. The molecule has 1 heterocycles. The van der Waals surface area contributed by atoms with Gasteiger partial charge in [0.25, 0.3) is 0 Å². The maximum atomic E-state index is 13.6. The Morgan fingerprint density at radius 3 is 2.85 bits per heavy atom. The number of nitrogens with zero attached hydrogens (tertiary/aromatic N) is 1. The number of anilines is 2. The highest BCUT2D eigenvalue weighted by atomic mass is 19.1. The van der Waals surface area contributed by atoms with E-state index in [1.165, 1.54) is 17.3 Å². The van der Waals surface area contributed by atoms with Crippen molar-refractivity contribution in [2.24, 2.45) is 5.92 Å². The van der Waals surface area contributed by atoms with E-state index in [9.17, 15) is 4.39 Å². The van der Waals surface area contributed by atoms with Crippen LogP contribution in [0.2, 0.25) is 0 Å². The van der Waals surface area contributed by atoms with Crippen molar-refractivity contribution in [1.29, 1.82) is 0 Å². The predicted molar refractivity (Wildman–Crippen MR) is 81.2 cm³/mol. The van der Waals surface area contributed by atoms with Crippen molar-refractivity contribution in [3.05, 3.63) is 59.4 Å². The lowest BCUT2D eigenvalue weighted by Crippen LogP contribution is -2.34. The Kier molecular flexibility index (Phi) is 3.35. The molecule has 0 bridgehead atoms. The number of nitrogens with two attached hydrogens (primary N) is 1. The second-order valence-corrected chi connectivity index (χ2v) is 5.63. The molecule has 0 radical (unpaired) electrons.